The smallest absolute Gasteiger partial charge is 0.185 e. The molecule has 1 unspecified atom stereocenters. The molecule has 0 saturated heterocycles. The van der Waals surface area contributed by atoms with Crippen LogP contribution < -0.4 is 0 Å². The van der Waals surface area contributed by atoms with Crippen LogP contribution in [0.15, 0.2) is 6.20 Å². The highest BCUT2D eigenvalue weighted by Gasteiger charge is 2.34. The summed E-state index contributed by atoms with van der Waals surface area (Å²) in [5, 5.41) is 7.75. The van der Waals surface area contributed by atoms with Crippen LogP contribution >= 0.6 is 0 Å². The van der Waals surface area contributed by atoms with Gasteiger partial charge in [-0.15, -0.1) is 5.10 Å². The lowest BCUT2D eigenvalue weighted by molar-refractivity contribution is 0.0905. The van der Waals surface area contributed by atoms with E-state index in [-0.39, 0.29) is 11.7 Å². The van der Waals surface area contributed by atoms with Crippen LogP contribution in [-0.2, 0) is 6.54 Å². The summed E-state index contributed by atoms with van der Waals surface area (Å²) in [6, 6.07) is 0. The van der Waals surface area contributed by atoms with E-state index in [2.05, 4.69) is 17.2 Å². The molecule has 4 nitrogen and oxygen atoms in total. The molecule has 0 aliphatic heterocycles. The highest BCUT2D eigenvalue weighted by molar-refractivity contribution is 5.96. The van der Waals surface area contributed by atoms with Crippen molar-refractivity contribution in [3.63, 3.8) is 0 Å². The molecule has 1 atom stereocenters. The van der Waals surface area contributed by atoms with Crippen LogP contribution in [0.3, 0.4) is 0 Å². The van der Waals surface area contributed by atoms with Crippen molar-refractivity contribution in [3.05, 3.63) is 11.9 Å². The van der Waals surface area contributed by atoms with Gasteiger partial charge >= 0.3 is 0 Å². The first-order chi connectivity index (χ1) is 7.24. The predicted octanol–water partition coefficient (Wildman–Crippen LogP) is 1.92. The van der Waals surface area contributed by atoms with Crippen molar-refractivity contribution in [3.8, 4) is 0 Å². The fourth-order valence-corrected chi connectivity index (χ4v) is 1.87. The van der Waals surface area contributed by atoms with E-state index < -0.39 is 0 Å². The minimum Gasteiger partial charge on any atom is -0.292 e. The first kappa shape index (κ1) is 10.3. The lowest BCUT2D eigenvalue weighted by Crippen LogP contribution is -2.18. The molecule has 15 heavy (non-hydrogen) atoms. The molecular formula is C11H17N3O. The SMILES string of the molecule is CCCn1nncc1C(=O)C(C)C1CC1. The van der Waals surface area contributed by atoms with Crippen LogP contribution in [0.4, 0.5) is 0 Å². The molecule has 0 aromatic carbocycles. The van der Waals surface area contributed by atoms with E-state index in [0.717, 1.165) is 13.0 Å². The maximum Gasteiger partial charge on any atom is 0.185 e. The molecule has 1 heterocycles. The molecule has 1 aliphatic rings. The monoisotopic (exact) mass is 207 g/mol. The average Bonchev–Trinajstić information content (AvgIpc) is 2.98. The lowest BCUT2D eigenvalue weighted by atomic mass is 9.99. The number of carbonyl (C=O) groups excluding carboxylic acids is 1. The van der Waals surface area contributed by atoms with Crippen molar-refractivity contribution in [2.24, 2.45) is 11.8 Å². The number of Topliss-reactive ketones (excluding diaryl/α,β-unsaturated/α-hetero) is 1. The summed E-state index contributed by atoms with van der Waals surface area (Å²) >= 11 is 0. The molecule has 1 saturated carbocycles. The Morgan fingerprint density at radius 2 is 2.40 bits per heavy atom. The number of ketones is 1. The Morgan fingerprint density at radius 1 is 1.67 bits per heavy atom. The first-order valence-electron chi connectivity index (χ1n) is 5.66. The molecule has 0 spiro atoms. The lowest BCUT2D eigenvalue weighted by Gasteiger charge is -2.09. The van der Waals surface area contributed by atoms with Crippen LogP contribution in [0.1, 0.15) is 43.6 Å². The van der Waals surface area contributed by atoms with Crippen LogP contribution in [0, 0.1) is 11.8 Å². The van der Waals surface area contributed by atoms with Crippen LogP contribution in [0.5, 0.6) is 0 Å². The summed E-state index contributed by atoms with van der Waals surface area (Å²) in [4.78, 5) is 12.1. The van der Waals surface area contributed by atoms with Gasteiger partial charge in [0, 0.05) is 12.5 Å². The molecule has 1 aromatic heterocycles. The van der Waals surface area contributed by atoms with Gasteiger partial charge in [-0.2, -0.15) is 0 Å². The Balaban J connectivity index is 2.13. The summed E-state index contributed by atoms with van der Waals surface area (Å²) in [7, 11) is 0. The average molecular weight is 207 g/mol. The summed E-state index contributed by atoms with van der Waals surface area (Å²) in [5.41, 5.74) is 0.677. The van der Waals surface area contributed by atoms with Gasteiger partial charge < -0.3 is 0 Å². The van der Waals surface area contributed by atoms with Crippen LogP contribution in [0.2, 0.25) is 0 Å². The number of nitrogens with zero attached hydrogens (tertiary/aromatic N) is 3. The third-order valence-electron chi connectivity index (χ3n) is 3.05. The Labute approximate surface area is 89.7 Å². The van der Waals surface area contributed by atoms with Crippen LogP contribution in [0.25, 0.3) is 0 Å². The van der Waals surface area contributed by atoms with Gasteiger partial charge in [0.15, 0.2) is 5.78 Å². The molecule has 0 bridgehead atoms. The highest BCUT2D eigenvalue weighted by atomic mass is 16.1. The largest absolute Gasteiger partial charge is 0.292 e. The third kappa shape index (κ3) is 2.08. The molecule has 1 aliphatic carbocycles. The zero-order valence-corrected chi connectivity index (χ0v) is 9.31. The normalized spacial score (nSPS) is 17.7. The van der Waals surface area contributed by atoms with E-state index in [1.54, 1.807) is 10.9 Å². The molecule has 0 amide bonds. The van der Waals surface area contributed by atoms with E-state index in [0.29, 0.717) is 11.6 Å². The molecule has 0 radical (unpaired) electrons. The third-order valence-corrected chi connectivity index (χ3v) is 3.05. The summed E-state index contributed by atoms with van der Waals surface area (Å²) in [6.07, 6.45) is 4.96. The highest BCUT2D eigenvalue weighted by Crippen LogP contribution is 2.37. The van der Waals surface area contributed by atoms with Gasteiger partial charge in [0.05, 0.1) is 6.20 Å². The predicted molar refractivity (Wildman–Crippen MR) is 56.5 cm³/mol. The molecule has 82 valence electrons. The second-order valence-corrected chi connectivity index (χ2v) is 4.33. The van der Waals surface area contributed by atoms with Gasteiger partial charge in [-0.3, -0.25) is 4.79 Å². The Morgan fingerprint density at radius 3 is 3.00 bits per heavy atom. The van der Waals surface area contributed by atoms with E-state index in [9.17, 15) is 4.79 Å². The van der Waals surface area contributed by atoms with Gasteiger partial charge in [-0.25, -0.2) is 4.68 Å². The maximum atomic E-state index is 12.1. The van der Waals surface area contributed by atoms with Gasteiger partial charge in [-0.05, 0) is 25.2 Å². The number of hydrogen-bond acceptors (Lipinski definition) is 3. The van der Waals surface area contributed by atoms with Gasteiger partial charge in [-0.1, -0.05) is 19.1 Å². The van der Waals surface area contributed by atoms with E-state index in [1.807, 2.05) is 6.92 Å². The summed E-state index contributed by atoms with van der Waals surface area (Å²) < 4.78 is 1.72. The minimum absolute atomic E-state index is 0.138. The topological polar surface area (TPSA) is 47.8 Å². The first-order valence-corrected chi connectivity index (χ1v) is 5.66. The number of hydrogen-bond donors (Lipinski definition) is 0. The molecule has 1 aromatic rings. The Bertz CT molecular complexity index is 354. The minimum atomic E-state index is 0.138. The zero-order valence-electron chi connectivity index (χ0n) is 9.31. The van der Waals surface area contributed by atoms with E-state index in [1.165, 1.54) is 12.8 Å². The van der Waals surface area contributed by atoms with Crippen molar-refractivity contribution in [2.75, 3.05) is 0 Å². The van der Waals surface area contributed by atoms with Crippen molar-refractivity contribution in [1.82, 2.24) is 15.0 Å². The fourth-order valence-electron chi connectivity index (χ4n) is 1.87. The van der Waals surface area contributed by atoms with Gasteiger partial charge in [0.25, 0.3) is 0 Å². The van der Waals surface area contributed by atoms with Crippen molar-refractivity contribution >= 4 is 5.78 Å². The van der Waals surface area contributed by atoms with Crippen molar-refractivity contribution < 1.29 is 4.79 Å². The van der Waals surface area contributed by atoms with Gasteiger partial charge in [0.2, 0.25) is 0 Å². The summed E-state index contributed by atoms with van der Waals surface area (Å²) in [5.74, 6) is 0.942. The standard InChI is InChI=1S/C11H17N3O/c1-3-6-14-10(7-12-13-14)11(15)8(2)9-4-5-9/h7-9H,3-6H2,1-2H3. The van der Waals surface area contributed by atoms with Crippen LogP contribution in [-0.4, -0.2) is 20.8 Å². The molecule has 2 rings (SSSR count). The summed E-state index contributed by atoms with van der Waals surface area (Å²) in [6.45, 7) is 4.86. The Kier molecular flexibility index (Phi) is 2.84. The molecular weight excluding hydrogens is 190 g/mol. The van der Waals surface area contributed by atoms with Crippen molar-refractivity contribution in [1.29, 1.82) is 0 Å². The molecule has 0 N–H and O–H groups in total. The van der Waals surface area contributed by atoms with Gasteiger partial charge in [0.1, 0.15) is 5.69 Å². The van der Waals surface area contributed by atoms with Crippen molar-refractivity contribution in [2.45, 2.75) is 39.7 Å². The molecule has 1 fully saturated rings. The maximum absolute atomic E-state index is 12.1. The number of rotatable bonds is 5. The van der Waals surface area contributed by atoms with E-state index >= 15 is 0 Å². The molecule has 4 heteroatoms. The quantitative estimate of drug-likeness (QED) is 0.693. The second-order valence-electron chi connectivity index (χ2n) is 4.33. The zero-order chi connectivity index (χ0) is 10.8. The fraction of sp³-hybridized carbons (Fsp3) is 0.727. The van der Waals surface area contributed by atoms with E-state index in [4.69, 9.17) is 0 Å². The number of carbonyl (C=O) groups is 1. The number of aromatic nitrogens is 3. The Hall–Kier alpha value is -1.19. The number of aryl methyl sites for hydroxylation is 1. The second kappa shape index (κ2) is 4.13.